The highest BCUT2D eigenvalue weighted by Gasteiger charge is 1.74. The van der Waals surface area contributed by atoms with Gasteiger partial charge in [-0.05, 0) is 0 Å². The van der Waals surface area contributed by atoms with Crippen molar-refractivity contribution in [1.29, 1.82) is 0 Å². The van der Waals surface area contributed by atoms with E-state index < -0.39 is 0 Å². The van der Waals surface area contributed by atoms with Gasteiger partial charge in [0.2, 0.25) is 5.91 Å². The van der Waals surface area contributed by atoms with Gasteiger partial charge in [-0.15, -0.1) is 12.4 Å². The maximum Gasteiger partial charge on any atom is 0.225 e. The lowest BCUT2D eigenvalue weighted by Crippen LogP contribution is -2.03. The Bertz CT molecular complexity index is 48.8. The highest BCUT2D eigenvalue weighted by atomic mass is 127. The molecule has 0 aliphatic carbocycles. The smallest absolute Gasteiger partial charge is 0.225 e. The van der Waals surface area contributed by atoms with E-state index in [9.17, 15) is 4.79 Å². The molecule has 0 saturated heterocycles. The van der Waals surface area contributed by atoms with Crippen LogP contribution in [0, 0.1) is 0 Å². The average molecular weight is 221 g/mol. The summed E-state index contributed by atoms with van der Waals surface area (Å²) >= 11 is 1.78. The molecule has 1 N–H and O–H groups in total. The lowest BCUT2D eigenvalue weighted by Gasteiger charge is -1.76. The molecule has 0 unspecified atom stereocenters. The molecule has 0 aliphatic rings. The van der Waals surface area contributed by atoms with Gasteiger partial charge in [-0.1, -0.05) is 0 Å². The Morgan fingerprint density at radius 3 is 2.00 bits per heavy atom. The fourth-order valence-corrected chi connectivity index (χ4v) is 0. The Labute approximate surface area is 56.6 Å². The van der Waals surface area contributed by atoms with Gasteiger partial charge in [-0.25, -0.2) is 0 Å². The van der Waals surface area contributed by atoms with Crippen molar-refractivity contribution in [2.45, 2.75) is 6.92 Å². The Hall–Kier alpha value is 0.490. The number of hydrogen-bond donors (Lipinski definition) is 1. The van der Waals surface area contributed by atoms with Crippen molar-refractivity contribution in [3.8, 4) is 0 Å². The van der Waals surface area contributed by atoms with Crippen LogP contribution in [0.3, 0.4) is 0 Å². The quantitative estimate of drug-likeness (QED) is 0.478. The highest BCUT2D eigenvalue weighted by Crippen LogP contribution is 1.64. The monoisotopic (exact) mass is 221 g/mol. The second-order valence-corrected chi connectivity index (χ2v) is 1.19. The fraction of sp³-hybridized carbons (Fsp3) is 0.500. The molecule has 1 amide bonds. The lowest BCUT2D eigenvalue weighted by molar-refractivity contribution is -0.116. The van der Waals surface area contributed by atoms with Crippen LogP contribution in [0.15, 0.2) is 0 Å². The molecule has 0 rings (SSSR count). The molecular formula is C2H5ClINO. The van der Waals surface area contributed by atoms with E-state index >= 15 is 0 Å². The molecule has 0 aromatic carbocycles. The van der Waals surface area contributed by atoms with Crippen LogP contribution in [0.5, 0.6) is 0 Å². The number of rotatable bonds is 0. The minimum atomic E-state index is -0.00870. The van der Waals surface area contributed by atoms with Gasteiger partial charge in [0.25, 0.3) is 0 Å². The number of hydrogen-bond acceptors (Lipinski definition) is 1. The predicted molar refractivity (Wildman–Crippen MR) is 35.1 cm³/mol. The molecule has 0 atom stereocenters. The van der Waals surface area contributed by atoms with Crippen LogP contribution in [0.4, 0.5) is 0 Å². The van der Waals surface area contributed by atoms with E-state index in [1.54, 1.807) is 22.9 Å². The Morgan fingerprint density at radius 1 is 1.83 bits per heavy atom. The van der Waals surface area contributed by atoms with Crippen molar-refractivity contribution < 1.29 is 4.79 Å². The van der Waals surface area contributed by atoms with E-state index in [1.165, 1.54) is 6.92 Å². The van der Waals surface area contributed by atoms with Gasteiger partial charge in [0.1, 0.15) is 0 Å². The van der Waals surface area contributed by atoms with Crippen molar-refractivity contribution in [3.63, 3.8) is 0 Å². The SMILES string of the molecule is CC(=O)NI.Cl. The zero-order chi connectivity index (χ0) is 4.28. The summed E-state index contributed by atoms with van der Waals surface area (Å²) in [6.07, 6.45) is 0. The zero-order valence-electron chi connectivity index (χ0n) is 3.19. The molecule has 6 heavy (non-hydrogen) atoms. The van der Waals surface area contributed by atoms with E-state index in [0.717, 1.165) is 0 Å². The van der Waals surface area contributed by atoms with Crippen molar-refractivity contribution in [3.05, 3.63) is 0 Å². The predicted octanol–water partition coefficient (Wildman–Crippen LogP) is 0.894. The first-order valence-corrected chi connectivity index (χ1v) is 2.22. The lowest BCUT2D eigenvalue weighted by atomic mass is 10.8. The summed E-state index contributed by atoms with van der Waals surface area (Å²) in [5, 5.41) is 0. The second kappa shape index (κ2) is 5.49. The Balaban J connectivity index is 0. The normalized spacial score (nSPS) is 5.67. The van der Waals surface area contributed by atoms with Crippen LogP contribution in [-0.4, -0.2) is 5.91 Å². The third-order valence-electron chi connectivity index (χ3n) is 0.133. The van der Waals surface area contributed by atoms with Crippen molar-refractivity contribution in [1.82, 2.24) is 3.53 Å². The number of carbonyl (C=O) groups excluding carboxylic acids is 1. The molecule has 0 heterocycles. The molecular weight excluding hydrogens is 216 g/mol. The van der Waals surface area contributed by atoms with Gasteiger partial charge in [-0.2, -0.15) is 0 Å². The van der Waals surface area contributed by atoms with E-state index in [0.29, 0.717) is 0 Å². The summed E-state index contributed by atoms with van der Waals surface area (Å²) in [5.41, 5.74) is 0. The van der Waals surface area contributed by atoms with Crippen molar-refractivity contribution in [2.24, 2.45) is 0 Å². The molecule has 0 fully saturated rings. The summed E-state index contributed by atoms with van der Waals surface area (Å²) in [4.78, 5) is 9.69. The maximum atomic E-state index is 9.69. The number of carbonyl (C=O) groups is 1. The van der Waals surface area contributed by atoms with Crippen LogP contribution < -0.4 is 3.53 Å². The second-order valence-electron chi connectivity index (χ2n) is 0.651. The Kier molecular flexibility index (Phi) is 8.88. The topological polar surface area (TPSA) is 29.1 Å². The maximum absolute atomic E-state index is 9.69. The van der Waals surface area contributed by atoms with Gasteiger partial charge in [-0.3, -0.25) is 8.32 Å². The van der Waals surface area contributed by atoms with Gasteiger partial charge in [0, 0.05) is 6.92 Å². The van der Waals surface area contributed by atoms with E-state index in [1.807, 2.05) is 0 Å². The summed E-state index contributed by atoms with van der Waals surface area (Å²) in [5.74, 6) is -0.00870. The van der Waals surface area contributed by atoms with Crippen LogP contribution in [0.2, 0.25) is 0 Å². The molecule has 0 aromatic heterocycles. The summed E-state index contributed by atoms with van der Waals surface area (Å²) < 4.78 is 2.36. The molecule has 0 radical (unpaired) electrons. The average Bonchev–Trinajstić information content (AvgIpc) is 1.38. The highest BCUT2D eigenvalue weighted by molar-refractivity contribution is 14.1. The number of halogens is 2. The van der Waals surface area contributed by atoms with Crippen molar-refractivity contribution in [2.75, 3.05) is 0 Å². The number of nitrogens with one attached hydrogen (secondary N) is 1. The van der Waals surface area contributed by atoms with Gasteiger partial charge >= 0.3 is 0 Å². The third-order valence-corrected chi connectivity index (χ3v) is 0.893. The summed E-state index contributed by atoms with van der Waals surface area (Å²) in [6.45, 7) is 1.46. The molecule has 0 saturated carbocycles. The molecule has 0 aliphatic heterocycles. The van der Waals surface area contributed by atoms with Gasteiger partial charge in [0.15, 0.2) is 0 Å². The van der Waals surface area contributed by atoms with Crippen LogP contribution in [0.25, 0.3) is 0 Å². The Morgan fingerprint density at radius 2 is 2.00 bits per heavy atom. The van der Waals surface area contributed by atoms with Crippen molar-refractivity contribution >= 4 is 41.2 Å². The molecule has 0 spiro atoms. The summed E-state index contributed by atoms with van der Waals surface area (Å²) in [7, 11) is 0. The fourth-order valence-electron chi connectivity index (χ4n) is 0. The molecule has 0 bridgehead atoms. The minimum absolute atomic E-state index is 0. The minimum Gasteiger partial charge on any atom is -0.299 e. The zero-order valence-corrected chi connectivity index (χ0v) is 6.17. The van der Waals surface area contributed by atoms with Gasteiger partial charge in [0.05, 0.1) is 22.9 Å². The molecule has 0 aromatic rings. The van der Waals surface area contributed by atoms with Crippen LogP contribution in [0.1, 0.15) is 6.92 Å². The first-order valence-electron chi connectivity index (χ1n) is 1.14. The van der Waals surface area contributed by atoms with E-state index in [4.69, 9.17) is 0 Å². The van der Waals surface area contributed by atoms with E-state index in [2.05, 4.69) is 3.53 Å². The first kappa shape index (κ1) is 9.70. The van der Waals surface area contributed by atoms with Crippen LogP contribution in [-0.2, 0) is 4.79 Å². The molecule has 2 nitrogen and oxygen atoms in total. The standard InChI is InChI=1S/C2H4INO.ClH/c1-2(5)4-3;/h1H3,(H,4,5);1H. The molecule has 4 heteroatoms. The first-order chi connectivity index (χ1) is 2.27. The largest absolute Gasteiger partial charge is 0.299 e. The van der Waals surface area contributed by atoms with E-state index in [-0.39, 0.29) is 18.3 Å². The number of amides is 1. The van der Waals surface area contributed by atoms with Gasteiger partial charge < -0.3 is 0 Å². The third kappa shape index (κ3) is 8.82. The molecule has 38 valence electrons. The van der Waals surface area contributed by atoms with Crippen LogP contribution >= 0.6 is 35.3 Å². The summed E-state index contributed by atoms with van der Waals surface area (Å²) in [6, 6.07) is 0.